The average molecular weight is 289 g/mol. The molecule has 0 spiro atoms. The Morgan fingerprint density at radius 3 is 2.90 bits per heavy atom. The van der Waals surface area contributed by atoms with E-state index in [2.05, 4.69) is 9.97 Å². The third-order valence-electron chi connectivity index (χ3n) is 3.27. The van der Waals surface area contributed by atoms with Gasteiger partial charge in [-0.1, -0.05) is 17.7 Å². The van der Waals surface area contributed by atoms with Gasteiger partial charge in [0.1, 0.15) is 0 Å². The molecule has 2 aromatic heterocycles. The zero-order valence-electron chi connectivity index (χ0n) is 11.0. The largest absolute Gasteiger partial charge is 0.333 e. The number of hydrogen-bond donors (Lipinski definition) is 0. The van der Waals surface area contributed by atoms with Gasteiger partial charge in [0.25, 0.3) is 5.56 Å². The van der Waals surface area contributed by atoms with Crippen molar-refractivity contribution in [2.24, 2.45) is 0 Å². The molecule has 0 amide bonds. The molecule has 0 fully saturated rings. The van der Waals surface area contributed by atoms with Gasteiger partial charge < -0.3 is 4.57 Å². The van der Waals surface area contributed by atoms with Crippen LogP contribution in [0.3, 0.4) is 0 Å². The van der Waals surface area contributed by atoms with Crippen LogP contribution in [0.1, 0.15) is 12.6 Å². The fourth-order valence-corrected chi connectivity index (χ4v) is 2.46. The Bertz CT molecular complexity index is 821. The summed E-state index contributed by atoms with van der Waals surface area (Å²) < 4.78 is 3.54. The Hall–Kier alpha value is -2.14. The van der Waals surface area contributed by atoms with Crippen LogP contribution >= 0.6 is 11.6 Å². The summed E-state index contributed by atoms with van der Waals surface area (Å²) in [5.74, 6) is 0. The van der Waals surface area contributed by atoms with E-state index in [1.54, 1.807) is 41.6 Å². The van der Waals surface area contributed by atoms with E-state index >= 15 is 0 Å². The van der Waals surface area contributed by atoms with Crippen molar-refractivity contribution in [1.82, 2.24) is 19.1 Å². The highest BCUT2D eigenvalue weighted by molar-refractivity contribution is 6.35. The fourth-order valence-electron chi connectivity index (χ4n) is 2.21. The maximum atomic E-state index is 12.5. The third-order valence-corrected chi connectivity index (χ3v) is 3.59. The van der Waals surface area contributed by atoms with Gasteiger partial charge in [-0.2, -0.15) is 0 Å². The van der Waals surface area contributed by atoms with Crippen molar-refractivity contribution in [1.29, 1.82) is 0 Å². The molecule has 6 heteroatoms. The minimum Gasteiger partial charge on any atom is -0.333 e. The van der Waals surface area contributed by atoms with Crippen molar-refractivity contribution in [2.75, 3.05) is 0 Å². The molecule has 0 saturated carbocycles. The van der Waals surface area contributed by atoms with Gasteiger partial charge in [0, 0.05) is 12.7 Å². The van der Waals surface area contributed by atoms with Gasteiger partial charge in [-0.05, 0) is 19.1 Å². The van der Waals surface area contributed by atoms with E-state index < -0.39 is 0 Å². The van der Waals surface area contributed by atoms with Crippen molar-refractivity contribution < 1.29 is 0 Å². The van der Waals surface area contributed by atoms with Crippen LogP contribution in [0.5, 0.6) is 0 Å². The van der Waals surface area contributed by atoms with Crippen molar-refractivity contribution in [3.8, 4) is 0 Å². The van der Waals surface area contributed by atoms with Crippen molar-refractivity contribution in [2.45, 2.75) is 20.0 Å². The molecule has 20 heavy (non-hydrogen) atoms. The Morgan fingerprint density at radius 2 is 2.10 bits per heavy atom. The SMILES string of the molecule is CCn1cncc1Cn1cnc2cccc(Cl)c2c1=O. The second-order valence-corrected chi connectivity index (χ2v) is 4.89. The quantitative estimate of drug-likeness (QED) is 0.743. The average Bonchev–Trinajstić information content (AvgIpc) is 2.89. The van der Waals surface area contributed by atoms with E-state index in [4.69, 9.17) is 11.6 Å². The van der Waals surface area contributed by atoms with Crippen LogP contribution in [-0.2, 0) is 13.1 Å². The van der Waals surface area contributed by atoms with E-state index in [0.717, 1.165) is 12.2 Å². The molecule has 0 bridgehead atoms. The minimum atomic E-state index is -0.135. The minimum absolute atomic E-state index is 0.135. The Morgan fingerprint density at radius 1 is 1.25 bits per heavy atom. The first-order valence-corrected chi connectivity index (χ1v) is 6.71. The lowest BCUT2D eigenvalue weighted by Crippen LogP contribution is -2.22. The topological polar surface area (TPSA) is 52.7 Å². The summed E-state index contributed by atoms with van der Waals surface area (Å²) in [4.78, 5) is 20.9. The number of benzene rings is 1. The Labute approximate surface area is 120 Å². The van der Waals surface area contributed by atoms with Crippen molar-refractivity contribution in [3.05, 3.63) is 58.1 Å². The highest BCUT2D eigenvalue weighted by Crippen LogP contribution is 2.17. The zero-order chi connectivity index (χ0) is 14.1. The summed E-state index contributed by atoms with van der Waals surface area (Å²) in [6, 6.07) is 5.27. The van der Waals surface area contributed by atoms with Crippen LogP contribution in [0.25, 0.3) is 10.9 Å². The van der Waals surface area contributed by atoms with Crippen molar-refractivity contribution >= 4 is 22.5 Å². The molecule has 0 N–H and O–H groups in total. The number of aromatic nitrogens is 4. The zero-order valence-corrected chi connectivity index (χ0v) is 11.7. The summed E-state index contributed by atoms with van der Waals surface area (Å²) >= 11 is 6.10. The van der Waals surface area contributed by atoms with Crippen LogP contribution in [0.2, 0.25) is 5.02 Å². The lowest BCUT2D eigenvalue weighted by molar-refractivity contribution is 0.652. The second-order valence-electron chi connectivity index (χ2n) is 4.48. The molecule has 0 atom stereocenters. The van der Waals surface area contributed by atoms with Crippen LogP contribution in [0.4, 0.5) is 0 Å². The summed E-state index contributed by atoms with van der Waals surface area (Å²) in [5.41, 5.74) is 1.44. The van der Waals surface area contributed by atoms with Gasteiger partial charge in [0.05, 0.1) is 40.8 Å². The molecule has 1 aromatic carbocycles. The number of rotatable bonds is 3. The summed E-state index contributed by atoms with van der Waals surface area (Å²) in [6.45, 7) is 3.27. The standard InChI is InChI=1S/C14H13ClN4O/c1-2-18-8-16-6-10(18)7-19-9-17-12-5-3-4-11(15)13(12)14(19)20/h3-6,8-9H,2,7H2,1H3. The van der Waals surface area contributed by atoms with E-state index in [9.17, 15) is 4.79 Å². The molecular formula is C14H13ClN4O. The normalized spacial score (nSPS) is 11.1. The van der Waals surface area contributed by atoms with Gasteiger partial charge in [-0.3, -0.25) is 9.36 Å². The van der Waals surface area contributed by atoms with Gasteiger partial charge in [-0.25, -0.2) is 9.97 Å². The molecule has 0 aliphatic heterocycles. The smallest absolute Gasteiger partial charge is 0.263 e. The maximum Gasteiger partial charge on any atom is 0.263 e. The van der Waals surface area contributed by atoms with E-state index in [-0.39, 0.29) is 5.56 Å². The third kappa shape index (κ3) is 2.10. The van der Waals surface area contributed by atoms with Gasteiger partial charge in [0.15, 0.2) is 0 Å². The lowest BCUT2D eigenvalue weighted by atomic mass is 10.2. The molecule has 0 unspecified atom stereocenters. The summed E-state index contributed by atoms with van der Waals surface area (Å²) in [5, 5.41) is 0.887. The van der Waals surface area contributed by atoms with Crippen molar-refractivity contribution in [3.63, 3.8) is 0 Å². The van der Waals surface area contributed by atoms with E-state index in [1.165, 1.54) is 0 Å². The first-order valence-electron chi connectivity index (χ1n) is 6.33. The first kappa shape index (κ1) is 12.9. The number of fused-ring (bicyclic) bond motifs is 1. The molecule has 3 rings (SSSR count). The van der Waals surface area contributed by atoms with Gasteiger partial charge in [-0.15, -0.1) is 0 Å². The lowest BCUT2D eigenvalue weighted by Gasteiger charge is -2.09. The number of aryl methyl sites for hydroxylation is 1. The molecule has 102 valence electrons. The van der Waals surface area contributed by atoms with Crippen LogP contribution < -0.4 is 5.56 Å². The molecule has 3 aromatic rings. The van der Waals surface area contributed by atoms with Gasteiger partial charge >= 0.3 is 0 Å². The predicted octanol–water partition coefficient (Wildman–Crippen LogP) is 2.31. The van der Waals surface area contributed by atoms with Gasteiger partial charge in [0.2, 0.25) is 0 Å². The van der Waals surface area contributed by atoms with E-state index in [0.29, 0.717) is 22.5 Å². The monoisotopic (exact) mass is 288 g/mol. The number of nitrogens with zero attached hydrogens (tertiary/aromatic N) is 4. The Kier molecular flexibility index (Phi) is 3.28. The first-order chi connectivity index (χ1) is 9.70. The molecular weight excluding hydrogens is 276 g/mol. The van der Waals surface area contributed by atoms with Crippen LogP contribution in [0.15, 0.2) is 41.8 Å². The van der Waals surface area contributed by atoms with E-state index in [1.807, 2.05) is 11.5 Å². The molecule has 0 radical (unpaired) electrons. The molecule has 5 nitrogen and oxygen atoms in total. The molecule has 0 aliphatic carbocycles. The van der Waals surface area contributed by atoms with Crippen LogP contribution in [-0.4, -0.2) is 19.1 Å². The fraction of sp³-hybridized carbons (Fsp3) is 0.214. The molecule has 0 aliphatic rings. The number of halogens is 1. The molecule has 0 saturated heterocycles. The Balaban J connectivity index is 2.11. The number of imidazole rings is 1. The summed E-state index contributed by atoms with van der Waals surface area (Å²) in [6.07, 6.45) is 5.06. The second kappa shape index (κ2) is 5.09. The maximum absolute atomic E-state index is 12.5. The highest BCUT2D eigenvalue weighted by Gasteiger charge is 2.09. The number of hydrogen-bond acceptors (Lipinski definition) is 3. The van der Waals surface area contributed by atoms with Crippen LogP contribution in [0, 0.1) is 0 Å². The predicted molar refractivity (Wildman–Crippen MR) is 78.0 cm³/mol. The highest BCUT2D eigenvalue weighted by atomic mass is 35.5. The molecule has 2 heterocycles. The summed E-state index contributed by atoms with van der Waals surface area (Å²) in [7, 11) is 0.